The van der Waals surface area contributed by atoms with Crippen molar-refractivity contribution in [2.45, 2.75) is 0 Å². The summed E-state index contributed by atoms with van der Waals surface area (Å²) < 4.78 is 0.853. The number of H-pyrrole nitrogens is 1. The number of hydroxylamine groups is 2. The van der Waals surface area contributed by atoms with Gasteiger partial charge in [0.15, 0.2) is 0 Å². The number of halogens is 1. The Balaban J connectivity index is 1.88. The fourth-order valence-electron chi connectivity index (χ4n) is 3.76. The fraction of sp³-hybridized carbons (Fsp3) is 0. The third-order valence-corrected chi connectivity index (χ3v) is 5.53. The number of imide groups is 1. The second-order valence-corrected chi connectivity index (χ2v) is 7.51. The molecule has 0 saturated carbocycles. The smallest absolute Gasteiger partial charge is 0.286 e. The summed E-state index contributed by atoms with van der Waals surface area (Å²) in [7, 11) is 0. The van der Waals surface area contributed by atoms with E-state index in [0.29, 0.717) is 11.1 Å². The number of amides is 2. The summed E-state index contributed by atoms with van der Waals surface area (Å²) >= 11 is 3.45. The molecule has 0 radical (unpaired) electrons. The van der Waals surface area contributed by atoms with Crippen LogP contribution in [0.4, 0.5) is 0 Å². The van der Waals surface area contributed by atoms with Gasteiger partial charge in [-0.3, -0.25) is 14.8 Å². The van der Waals surface area contributed by atoms with Crippen LogP contribution in [0.1, 0.15) is 11.1 Å². The molecule has 136 valence electrons. The van der Waals surface area contributed by atoms with Crippen LogP contribution in [0, 0.1) is 0 Å². The molecular weight excluding hydrogens is 420 g/mol. The number of carbonyl (C=O) groups is 2. The topological polar surface area (TPSA) is 73.4 Å². The number of fused-ring (bicyclic) bond motifs is 2. The SMILES string of the molecule is O=C1C(c2cccc3ccccc23)=C(c2c[nH]c3ccc(Br)cc23)C(=O)N1O. The van der Waals surface area contributed by atoms with Gasteiger partial charge < -0.3 is 4.98 Å². The first-order chi connectivity index (χ1) is 13.6. The van der Waals surface area contributed by atoms with Gasteiger partial charge in [0.1, 0.15) is 0 Å². The maximum absolute atomic E-state index is 12.8. The van der Waals surface area contributed by atoms with Crippen LogP contribution in [-0.2, 0) is 9.59 Å². The number of aromatic amines is 1. The molecule has 3 aromatic carbocycles. The summed E-state index contributed by atoms with van der Waals surface area (Å²) in [5, 5.41) is 12.9. The summed E-state index contributed by atoms with van der Waals surface area (Å²) in [6.07, 6.45) is 1.70. The van der Waals surface area contributed by atoms with Gasteiger partial charge in [-0.2, -0.15) is 0 Å². The fourth-order valence-corrected chi connectivity index (χ4v) is 4.12. The van der Waals surface area contributed by atoms with Gasteiger partial charge >= 0.3 is 0 Å². The van der Waals surface area contributed by atoms with Crippen molar-refractivity contribution in [1.82, 2.24) is 10.0 Å². The molecule has 5 nitrogen and oxygen atoms in total. The molecule has 0 atom stereocenters. The minimum absolute atomic E-state index is 0.188. The monoisotopic (exact) mass is 432 g/mol. The second kappa shape index (κ2) is 6.15. The van der Waals surface area contributed by atoms with E-state index in [4.69, 9.17) is 0 Å². The summed E-state index contributed by atoms with van der Waals surface area (Å²) in [4.78, 5) is 28.8. The Morgan fingerprint density at radius 1 is 0.821 bits per heavy atom. The summed E-state index contributed by atoms with van der Waals surface area (Å²) in [6.45, 7) is 0. The molecule has 4 aromatic rings. The molecule has 1 aliphatic rings. The van der Waals surface area contributed by atoms with E-state index in [1.165, 1.54) is 0 Å². The van der Waals surface area contributed by atoms with E-state index in [0.717, 1.165) is 26.1 Å². The number of carbonyl (C=O) groups excluding carboxylic acids is 2. The number of hydrogen-bond donors (Lipinski definition) is 2. The quantitative estimate of drug-likeness (QED) is 0.354. The van der Waals surface area contributed by atoms with E-state index in [1.54, 1.807) is 12.3 Å². The molecule has 0 aliphatic carbocycles. The number of aromatic nitrogens is 1. The van der Waals surface area contributed by atoms with Gasteiger partial charge in [0.05, 0.1) is 11.1 Å². The molecule has 1 aliphatic heterocycles. The van der Waals surface area contributed by atoms with Crippen molar-refractivity contribution < 1.29 is 14.8 Å². The average molecular weight is 433 g/mol. The van der Waals surface area contributed by atoms with E-state index in [1.807, 2.05) is 54.6 Å². The van der Waals surface area contributed by atoms with Crippen LogP contribution in [0.2, 0.25) is 0 Å². The molecule has 2 heterocycles. The van der Waals surface area contributed by atoms with Crippen LogP contribution in [0.25, 0.3) is 32.8 Å². The van der Waals surface area contributed by atoms with Crippen molar-refractivity contribution >= 4 is 60.6 Å². The highest BCUT2D eigenvalue weighted by Crippen LogP contribution is 2.40. The van der Waals surface area contributed by atoms with Gasteiger partial charge in [-0.1, -0.05) is 58.4 Å². The van der Waals surface area contributed by atoms with Crippen molar-refractivity contribution in [3.63, 3.8) is 0 Å². The molecule has 0 bridgehead atoms. The van der Waals surface area contributed by atoms with Crippen molar-refractivity contribution in [3.8, 4) is 0 Å². The lowest BCUT2D eigenvalue weighted by molar-refractivity contribution is -0.168. The van der Waals surface area contributed by atoms with Crippen LogP contribution in [-0.4, -0.2) is 27.1 Å². The van der Waals surface area contributed by atoms with Gasteiger partial charge in [0, 0.05) is 27.1 Å². The minimum atomic E-state index is -0.728. The van der Waals surface area contributed by atoms with Crippen LogP contribution in [0.3, 0.4) is 0 Å². The maximum atomic E-state index is 12.8. The van der Waals surface area contributed by atoms with Crippen molar-refractivity contribution in [3.05, 3.63) is 82.5 Å². The first kappa shape index (κ1) is 16.9. The van der Waals surface area contributed by atoms with Crippen LogP contribution in [0.5, 0.6) is 0 Å². The third kappa shape index (κ3) is 2.35. The average Bonchev–Trinajstić information content (AvgIpc) is 3.21. The normalized spacial score (nSPS) is 14.7. The van der Waals surface area contributed by atoms with Crippen molar-refractivity contribution in [2.24, 2.45) is 0 Å². The highest BCUT2D eigenvalue weighted by molar-refractivity contribution is 9.10. The molecule has 0 unspecified atom stereocenters. The van der Waals surface area contributed by atoms with E-state index in [2.05, 4.69) is 20.9 Å². The Hall–Kier alpha value is -3.22. The zero-order valence-electron chi connectivity index (χ0n) is 14.4. The number of nitrogens with zero attached hydrogens (tertiary/aromatic N) is 1. The van der Waals surface area contributed by atoms with Gasteiger partial charge in [-0.15, -0.1) is 5.06 Å². The number of nitrogens with one attached hydrogen (secondary N) is 1. The van der Waals surface area contributed by atoms with Gasteiger partial charge in [-0.05, 0) is 34.5 Å². The lowest BCUT2D eigenvalue weighted by Crippen LogP contribution is -2.27. The molecule has 2 amide bonds. The Labute approximate surface area is 168 Å². The largest absolute Gasteiger partial charge is 0.361 e. The zero-order valence-corrected chi connectivity index (χ0v) is 16.0. The summed E-state index contributed by atoms with van der Waals surface area (Å²) in [5.41, 5.74) is 2.42. The lowest BCUT2D eigenvalue weighted by atomic mass is 9.92. The Kier molecular flexibility index (Phi) is 3.72. The molecule has 5 rings (SSSR count). The van der Waals surface area contributed by atoms with E-state index < -0.39 is 11.8 Å². The van der Waals surface area contributed by atoms with Gasteiger partial charge in [0.2, 0.25) is 0 Å². The molecule has 6 heteroatoms. The number of rotatable bonds is 2. The van der Waals surface area contributed by atoms with E-state index in [-0.39, 0.29) is 16.2 Å². The molecular formula is C22H13BrN2O3. The van der Waals surface area contributed by atoms with Crippen LogP contribution >= 0.6 is 15.9 Å². The van der Waals surface area contributed by atoms with Gasteiger partial charge in [-0.25, -0.2) is 0 Å². The lowest BCUT2D eigenvalue weighted by Gasteiger charge is -2.08. The van der Waals surface area contributed by atoms with Crippen LogP contribution < -0.4 is 0 Å². The third-order valence-electron chi connectivity index (χ3n) is 5.03. The highest BCUT2D eigenvalue weighted by atomic mass is 79.9. The molecule has 0 saturated heterocycles. The molecule has 1 aromatic heterocycles. The zero-order chi connectivity index (χ0) is 19.4. The molecule has 28 heavy (non-hydrogen) atoms. The molecule has 2 N–H and O–H groups in total. The number of benzene rings is 3. The summed E-state index contributed by atoms with van der Waals surface area (Å²) in [5.74, 6) is -1.45. The van der Waals surface area contributed by atoms with Crippen molar-refractivity contribution in [2.75, 3.05) is 0 Å². The minimum Gasteiger partial charge on any atom is -0.361 e. The standard InChI is InChI=1S/C22H13BrN2O3/c23-13-8-9-18-16(10-13)17(11-24-18)20-19(21(26)25(28)22(20)27)15-7-3-5-12-4-1-2-6-14(12)15/h1-11,24,28H. The van der Waals surface area contributed by atoms with Crippen LogP contribution in [0.15, 0.2) is 71.3 Å². The second-order valence-electron chi connectivity index (χ2n) is 6.59. The van der Waals surface area contributed by atoms with Gasteiger partial charge in [0.25, 0.3) is 11.8 Å². The van der Waals surface area contributed by atoms with Crippen molar-refractivity contribution in [1.29, 1.82) is 0 Å². The molecule has 0 fully saturated rings. The Morgan fingerprint density at radius 2 is 1.54 bits per heavy atom. The highest BCUT2D eigenvalue weighted by Gasteiger charge is 2.40. The summed E-state index contributed by atoms with van der Waals surface area (Å²) in [6, 6.07) is 18.9. The number of hydrogen-bond acceptors (Lipinski definition) is 3. The Morgan fingerprint density at radius 3 is 2.36 bits per heavy atom. The predicted molar refractivity (Wildman–Crippen MR) is 110 cm³/mol. The predicted octanol–water partition coefficient (Wildman–Crippen LogP) is 4.75. The van der Waals surface area contributed by atoms with E-state index >= 15 is 0 Å². The first-order valence-electron chi connectivity index (χ1n) is 8.63. The maximum Gasteiger partial charge on any atom is 0.286 e. The molecule has 0 spiro atoms. The van der Waals surface area contributed by atoms with E-state index in [9.17, 15) is 14.8 Å². The Bertz CT molecular complexity index is 1330. The first-order valence-corrected chi connectivity index (χ1v) is 9.42.